The van der Waals surface area contributed by atoms with Crippen LogP contribution in [-0.4, -0.2) is 17.2 Å². The van der Waals surface area contributed by atoms with Gasteiger partial charge in [-0.05, 0) is 24.3 Å². The SMILES string of the molecule is FC(F)(F)/N=C(/OCc1ccccn1)c1ccccc1. The van der Waals surface area contributed by atoms with Gasteiger partial charge in [-0.3, -0.25) is 4.98 Å². The average Bonchev–Trinajstić information content (AvgIpc) is 2.44. The fourth-order valence-electron chi connectivity index (χ4n) is 1.50. The van der Waals surface area contributed by atoms with E-state index in [-0.39, 0.29) is 12.2 Å². The Morgan fingerprint density at radius 3 is 2.35 bits per heavy atom. The first kappa shape index (κ1) is 14.0. The van der Waals surface area contributed by atoms with Gasteiger partial charge in [-0.25, -0.2) is 0 Å². The maximum absolute atomic E-state index is 12.4. The predicted octanol–water partition coefficient (Wildman–Crippen LogP) is 3.56. The van der Waals surface area contributed by atoms with E-state index in [1.165, 1.54) is 12.1 Å². The molecule has 0 N–H and O–H groups in total. The van der Waals surface area contributed by atoms with E-state index in [1.807, 2.05) is 0 Å². The number of ether oxygens (including phenoxy) is 1. The highest BCUT2D eigenvalue weighted by molar-refractivity contribution is 5.94. The number of aliphatic imine (C=N–C) groups is 1. The quantitative estimate of drug-likeness (QED) is 0.489. The van der Waals surface area contributed by atoms with Crippen LogP contribution in [0.2, 0.25) is 0 Å². The van der Waals surface area contributed by atoms with Crippen LogP contribution in [-0.2, 0) is 11.3 Å². The summed E-state index contributed by atoms with van der Waals surface area (Å²) in [5.74, 6) is -0.469. The molecule has 0 aliphatic rings. The Balaban J connectivity index is 2.18. The molecule has 0 spiro atoms. The van der Waals surface area contributed by atoms with Crippen molar-refractivity contribution in [3.05, 3.63) is 66.0 Å². The molecule has 1 heterocycles. The summed E-state index contributed by atoms with van der Waals surface area (Å²) in [4.78, 5) is 6.64. The van der Waals surface area contributed by atoms with Gasteiger partial charge in [0, 0.05) is 11.8 Å². The molecule has 1 aromatic heterocycles. The molecule has 3 nitrogen and oxygen atoms in total. The zero-order valence-corrected chi connectivity index (χ0v) is 10.3. The number of aromatic nitrogens is 1. The normalized spacial score (nSPS) is 12.2. The van der Waals surface area contributed by atoms with Crippen molar-refractivity contribution in [2.75, 3.05) is 0 Å². The molecule has 0 atom stereocenters. The van der Waals surface area contributed by atoms with Gasteiger partial charge in [0.25, 0.3) is 0 Å². The van der Waals surface area contributed by atoms with Crippen molar-refractivity contribution in [1.29, 1.82) is 0 Å². The van der Waals surface area contributed by atoms with Crippen LogP contribution in [0, 0.1) is 0 Å². The van der Waals surface area contributed by atoms with Crippen molar-refractivity contribution in [3.8, 4) is 0 Å². The highest BCUT2D eigenvalue weighted by Gasteiger charge is 2.28. The molecule has 0 radical (unpaired) electrons. The molecule has 2 rings (SSSR count). The first-order valence-corrected chi connectivity index (χ1v) is 5.79. The first-order valence-electron chi connectivity index (χ1n) is 5.79. The molecule has 0 aliphatic carbocycles. The summed E-state index contributed by atoms with van der Waals surface area (Å²) in [5.41, 5.74) is 0.791. The summed E-state index contributed by atoms with van der Waals surface area (Å²) in [6.45, 7) is -0.0787. The molecule has 0 saturated carbocycles. The standard InChI is InChI=1S/C14H11F3N2O/c15-14(16,17)19-13(11-6-2-1-3-7-11)20-10-12-8-4-5-9-18-12/h1-9H,10H2/b19-13+. The lowest BCUT2D eigenvalue weighted by molar-refractivity contribution is -0.121. The van der Waals surface area contributed by atoms with Gasteiger partial charge in [0.2, 0.25) is 5.90 Å². The molecule has 0 unspecified atom stereocenters. The Morgan fingerprint density at radius 2 is 1.75 bits per heavy atom. The van der Waals surface area contributed by atoms with Crippen molar-refractivity contribution in [1.82, 2.24) is 4.98 Å². The van der Waals surface area contributed by atoms with Gasteiger partial charge >= 0.3 is 6.30 Å². The van der Waals surface area contributed by atoms with Crippen molar-refractivity contribution in [2.45, 2.75) is 12.9 Å². The Labute approximate surface area is 113 Å². The maximum Gasteiger partial charge on any atom is 0.506 e. The maximum atomic E-state index is 12.4. The van der Waals surface area contributed by atoms with E-state index in [4.69, 9.17) is 4.74 Å². The summed E-state index contributed by atoms with van der Waals surface area (Å²) in [5, 5.41) is 0. The molecule has 0 aliphatic heterocycles. The second-order valence-electron chi connectivity index (χ2n) is 3.86. The summed E-state index contributed by atoms with van der Waals surface area (Å²) < 4.78 is 42.5. The van der Waals surface area contributed by atoms with E-state index in [9.17, 15) is 13.2 Å². The third-order valence-corrected chi connectivity index (χ3v) is 2.33. The predicted molar refractivity (Wildman–Crippen MR) is 68.1 cm³/mol. The van der Waals surface area contributed by atoms with E-state index >= 15 is 0 Å². The van der Waals surface area contributed by atoms with E-state index in [0.717, 1.165) is 0 Å². The molecule has 0 fully saturated rings. The number of hydrogen-bond acceptors (Lipinski definition) is 3. The van der Waals surface area contributed by atoms with E-state index in [2.05, 4.69) is 9.98 Å². The smallest absolute Gasteiger partial charge is 0.471 e. The largest absolute Gasteiger partial charge is 0.506 e. The van der Waals surface area contributed by atoms with Gasteiger partial charge in [0.05, 0.1) is 5.69 Å². The molecule has 1 aromatic carbocycles. The minimum absolute atomic E-state index is 0.0787. The molecular formula is C14H11F3N2O. The number of pyridine rings is 1. The van der Waals surface area contributed by atoms with Crippen LogP contribution in [0.3, 0.4) is 0 Å². The monoisotopic (exact) mass is 280 g/mol. The van der Waals surface area contributed by atoms with E-state index < -0.39 is 12.2 Å². The fourth-order valence-corrected chi connectivity index (χ4v) is 1.50. The van der Waals surface area contributed by atoms with Gasteiger partial charge in [0.1, 0.15) is 6.61 Å². The molecule has 0 amide bonds. The summed E-state index contributed by atoms with van der Waals surface area (Å²) in [6.07, 6.45) is -3.14. The third kappa shape index (κ3) is 4.38. The van der Waals surface area contributed by atoms with Crippen molar-refractivity contribution in [3.63, 3.8) is 0 Å². The van der Waals surface area contributed by atoms with Gasteiger partial charge in [-0.1, -0.05) is 24.3 Å². The molecule has 20 heavy (non-hydrogen) atoms. The molecular weight excluding hydrogens is 269 g/mol. The second kappa shape index (κ2) is 6.18. The van der Waals surface area contributed by atoms with Gasteiger partial charge < -0.3 is 4.74 Å². The highest BCUT2D eigenvalue weighted by atomic mass is 19.4. The van der Waals surface area contributed by atoms with Crippen LogP contribution in [0.1, 0.15) is 11.3 Å². The lowest BCUT2D eigenvalue weighted by Gasteiger charge is -2.10. The van der Waals surface area contributed by atoms with Gasteiger partial charge in [-0.15, -0.1) is 18.2 Å². The minimum atomic E-state index is -4.69. The van der Waals surface area contributed by atoms with E-state index in [0.29, 0.717) is 5.69 Å². The summed E-state index contributed by atoms with van der Waals surface area (Å²) in [6, 6.07) is 13.0. The van der Waals surface area contributed by atoms with Gasteiger partial charge in [-0.2, -0.15) is 0 Å². The molecule has 6 heteroatoms. The van der Waals surface area contributed by atoms with Crippen LogP contribution >= 0.6 is 0 Å². The minimum Gasteiger partial charge on any atom is -0.471 e. The van der Waals surface area contributed by atoms with Crippen molar-refractivity contribution < 1.29 is 17.9 Å². The molecule has 2 aromatic rings. The van der Waals surface area contributed by atoms with Crippen LogP contribution in [0.15, 0.2) is 59.7 Å². The first-order chi connectivity index (χ1) is 9.54. The highest BCUT2D eigenvalue weighted by Crippen LogP contribution is 2.19. The van der Waals surface area contributed by atoms with Crippen LogP contribution in [0.4, 0.5) is 13.2 Å². The fraction of sp³-hybridized carbons (Fsp3) is 0.143. The second-order valence-corrected chi connectivity index (χ2v) is 3.86. The molecule has 0 saturated heterocycles. The van der Waals surface area contributed by atoms with E-state index in [1.54, 1.807) is 42.6 Å². The number of alkyl halides is 3. The zero-order chi connectivity index (χ0) is 14.4. The van der Waals surface area contributed by atoms with Crippen molar-refractivity contribution >= 4 is 5.90 Å². The topological polar surface area (TPSA) is 34.5 Å². The zero-order valence-electron chi connectivity index (χ0n) is 10.3. The summed E-state index contributed by atoms with van der Waals surface area (Å²) in [7, 11) is 0. The third-order valence-electron chi connectivity index (χ3n) is 2.33. The number of benzene rings is 1. The van der Waals surface area contributed by atoms with Gasteiger partial charge in [0.15, 0.2) is 0 Å². The Hall–Kier alpha value is -2.37. The van der Waals surface area contributed by atoms with Crippen LogP contribution in [0.25, 0.3) is 0 Å². The number of hydrogen-bond donors (Lipinski definition) is 0. The van der Waals surface area contributed by atoms with Crippen LogP contribution in [0.5, 0.6) is 0 Å². The number of nitrogens with zero attached hydrogens (tertiary/aromatic N) is 2. The van der Waals surface area contributed by atoms with Crippen LogP contribution < -0.4 is 0 Å². The summed E-state index contributed by atoms with van der Waals surface area (Å²) >= 11 is 0. The average molecular weight is 280 g/mol. The molecule has 104 valence electrons. The Kier molecular flexibility index (Phi) is 4.34. The number of halogens is 3. The Morgan fingerprint density at radius 1 is 1.05 bits per heavy atom. The lowest BCUT2D eigenvalue weighted by Crippen LogP contribution is -2.14. The van der Waals surface area contributed by atoms with Crippen molar-refractivity contribution in [2.24, 2.45) is 4.99 Å². The number of rotatable bonds is 3. The molecule has 0 bridgehead atoms. The lowest BCUT2D eigenvalue weighted by atomic mass is 10.2. The Bertz CT molecular complexity index is 568.